The average Bonchev–Trinajstić information content (AvgIpc) is 3.08. The molecule has 0 aliphatic rings. The Labute approximate surface area is 155 Å². The van der Waals surface area contributed by atoms with Crippen molar-refractivity contribution >= 4 is 28.8 Å². The number of ether oxygens (including phenoxy) is 1. The van der Waals surface area contributed by atoms with Gasteiger partial charge in [-0.1, -0.05) is 41.9 Å². The summed E-state index contributed by atoms with van der Waals surface area (Å²) in [5.41, 5.74) is 2.61. The molecule has 0 unspecified atom stereocenters. The molecule has 0 bridgehead atoms. The fourth-order valence-corrected chi connectivity index (χ4v) is 3.50. The summed E-state index contributed by atoms with van der Waals surface area (Å²) in [4.78, 5) is 16.7. The molecular weight excluding hydrogens is 356 g/mol. The van der Waals surface area contributed by atoms with E-state index in [0.29, 0.717) is 11.6 Å². The Morgan fingerprint density at radius 3 is 2.88 bits per heavy atom. The number of thiazole rings is 1. The minimum Gasteiger partial charge on any atom is -0.497 e. The maximum absolute atomic E-state index is 12.1. The quantitative estimate of drug-likeness (QED) is 0.700. The molecule has 0 aliphatic heterocycles. The molecule has 0 fully saturated rings. The Balaban J connectivity index is 1.59. The van der Waals surface area contributed by atoms with Crippen molar-refractivity contribution in [2.45, 2.75) is 13.0 Å². The van der Waals surface area contributed by atoms with E-state index < -0.39 is 0 Å². The van der Waals surface area contributed by atoms with Crippen LogP contribution in [0.5, 0.6) is 5.75 Å². The van der Waals surface area contributed by atoms with Crippen LogP contribution in [0.25, 0.3) is 10.6 Å². The van der Waals surface area contributed by atoms with E-state index in [1.807, 2.05) is 53.9 Å². The largest absolute Gasteiger partial charge is 0.497 e. The van der Waals surface area contributed by atoms with Gasteiger partial charge in [0.1, 0.15) is 10.8 Å². The molecule has 0 radical (unpaired) electrons. The van der Waals surface area contributed by atoms with Crippen LogP contribution in [-0.4, -0.2) is 18.0 Å². The van der Waals surface area contributed by atoms with E-state index in [9.17, 15) is 4.79 Å². The third-order valence-electron chi connectivity index (χ3n) is 3.62. The summed E-state index contributed by atoms with van der Waals surface area (Å²) < 4.78 is 5.18. The van der Waals surface area contributed by atoms with Gasteiger partial charge in [-0.2, -0.15) is 0 Å². The number of halogens is 1. The van der Waals surface area contributed by atoms with Crippen LogP contribution in [0.1, 0.15) is 11.3 Å². The van der Waals surface area contributed by atoms with Gasteiger partial charge in [0.2, 0.25) is 5.91 Å². The Morgan fingerprint density at radius 2 is 2.08 bits per heavy atom. The van der Waals surface area contributed by atoms with Crippen molar-refractivity contribution in [2.75, 3.05) is 7.11 Å². The summed E-state index contributed by atoms with van der Waals surface area (Å²) in [6.45, 7) is 0.456. The Kier molecular flexibility index (Phi) is 5.68. The van der Waals surface area contributed by atoms with Crippen molar-refractivity contribution in [2.24, 2.45) is 0 Å². The highest BCUT2D eigenvalue weighted by Gasteiger charge is 2.11. The van der Waals surface area contributed by atoms with Gasteiger partial charge in [0.25, 0.3) is 0 Å². The summed E-state index contributed by atoms with van der Waals surface area (Å²) in [5.74, 6) is 0.703. The number of hydrogen-bond acceptors (Lipinski definition) is 4. The number of carbonyl (C=O) groups excluding carboxylic acids is 1. The standard InChI is InChI=1S/C19H17ClN2O2S/c1-24-15-6-4-5-13(9-15)11-21-18(23)10-14-12-25-19(22-14)16-7-2-3-8-17(16)20/h2-9,12H,10-11H2,1H3,(H,21,23). The molecule has 4 nitrogen and oxygen atoms in total. The maximum Gasteiger partial charge on any atom is 0.226 e. The smallest absolute Gasteiger partial charge is 0.226 e. The molecule has 1 N–H and O–H groups in total. The van der Waals surface area contributed by atoms with Crippen molar-refractivity contribution < 1.29 is 9.53 Å². The normalized spacial score (nSPS) is 10.5. The van der Waals surface area contributed by atoms with E-state index in [0.717, 1.165) is 27.6 Å². The zero-order valence-corrected chi connectivity index (χ0v) is 15.2. The lowest BCUT2D eigenvalue weighted by Gasteiger charge is -2.06. The molecule has 3 rings (SSSR count). The van der Waals surface area contributed by atoms with E-state index in [1.54, 1.807) is 7.11 Å². The fourth-order valence-electron chi connectivity index (χ4n) is 2.36. The second kappa shape index (κ2) is 8.14. The van der Waals surface area contributed by atoms with Crippen LogP contribution in [0.4, 0.5) is 0 Å². The lowest BCUT2D eigenvalue weighted by Crippen LogP contribution is -2.24. The first-order valence-electron chi connectivity index (χ1n) is 7.74. The van der Waals surface area contributed by atoms with E-state index >= 15 is 0 Å². The Hall–Kier alpha value is -2.37. The summed E-state index contributed by atoms with van der Waals surface area (Å²) in [7, 11) is 1.62. The van der Waals surface area contributed by atoms with Crippen molar-refractivity contribution in [3.05, 3.63) is 70.2 Å². The van der Waals surface area contributed by atoms with Crippen molar-refractivity contribution in [3.63, 3.8) is 0 Å². The lowest BCUT2D eigenvalue weighted by atomic mass is 10.2. The molecule has 25 heavy (non-hydrogen) atoms. The third kappa shape index (κ3) is 4.59. The number of benzene rings is 2. The first-order chi connectivity index (χ1) is 12.2. The van der Waals surface area contributed by atoms with Crippen LogP contribution in [0.3, 0.4) is 0 Å². The molecule has 128 valence electrons. The van der Waals surface area contributed by atoms with E-state index in [1.165, 1.54) is 11.3 Å². The Bertz CT molecular complexity index is 879. The highest BCUT2D eigenvalue weighted by Crippen LogP contribution is 2.30. The minimum absolute atomic E-state index is 0.0705. The molecule has 1 aromatic heterocycles. The molecule has 6 heteroatoms. The van der Waals surface area contributed by atoms with Gasteiger partial charge in [0.15, 0.2) is 0 Å². The molecular formula is C19H17ClN2O2S. The fraction of sp³-hybridized carbons (Fsp3) is 0.158. The molecule has 1 heterocycles. The number of nitrogens with zero attached hydrogens (tertiary/aromatic N) is 1. The SMILES string of the molecule is COc1cccc(CNC(=O)Cc2csc(-c3ccccc3Cl)n2)c1. The van der Waals surface area contributed by atoms with Gasteiger partial charge in [-0.05, 0) is 23.8 Å². The minimum atomic E-state index is -0.0705. The van der Waals surface area contributed by atoms with E-state index in [2.05, 4.69) is 10.3 Å². The highest BCUT2D eigenvalue weighted by atomic mass is 35.5. The number of aromatic nitrogens is 1. The molecule has 1 amide bonds. The van der Waals surface area contributed by atoms with Crippen LogP contribution in [-0.2, 0) is 17.8 Å². The van der Waals surface area contributed by atoms with Gasteiger partial charge in [-0.15, -0.1) is 11.3 Å². The predicted octanol–water partition coefficient (Wildman–Crippen LogP) is 4.33. The molecule has 3 aromatic rings. The first-order valence-corrected chi connectivity index (χ1v) is 9.00. The second-order valence-corrected chi connectivity index (χ2v) is 6.69. The Morgan fingerprint density at radius 1 is 1.24 bits per heavy atom. The van der Waals surface area contributed by atoms with Gasteiger partial charge in [0, 0.05) is 17.5 Å². The highest BCUT2D eigenvalue weighted by molar-refractivity contribution is 7.13. The molecule has 0 spiro atoms. The number of rotatable bonds is 6. The van der Waals surface area contributed by atoms with E-state index in [4.69, 9.17) is 16.3 Å². The number of amides is 1. The zero-order valence-electron chi connectivity index (χ0n) is 13.7. The van der Waals surface area contributed by atoms with Gasteiger partial charge in [-0.3, -0.25) is 4.79 Å². The molecule has 0 atom stereocenters. The summed E-state index contributed by atoms with van der Waals surface area (Å²) in [6.07, 6.45) is 0.241. The molecule has 0 aliphatic carbocycles. The maximum atomic E-state index is 12.1. The van der Waals surface area contributed by atoms with Crippen molar-refractivity contribution in [1.82, 2.24) is 10.3 Å². The summed E-state index contributed by atoms with van der Waals surface area (Å²) in [6, 6.07) is 15.2. The van der Waals surface area contributed by atoms with Crippen LogP contribution in [0.2, 0.25) is 5.02 Å². The lowest BCUT2D eigenvalue weighted by molar-refractivity contribution is -0.120. The molecule has 0 saturated carbocycles. The summed E-state index contributed by atoms with van der Waals surface area (Å²) >= 11 is 7.68. The molecule has 0 saturated heterocycles. The topological polar surface area (TPSA) is 51.2 Å². The first kappa shape index (κ1) is 17.5. The average molecular weight is 373 g/mol. The number of nitrogens with one attached hydrogen (secondary N) is 1. The van der Waals surface area contributed by atoms with Gasteiger partial charge < -0.3 is 10.1 Å². The zero-order chi connectivity index (χ0) is 17.6. The van der Waals surface area contributed by atoms with Gasteiger partial charge in [-0.25, -0.2) is 4.98 Å². The summed E-state index contributed by atoms with van der Waals surface area (Å²) in [5, 5.41) is 6.27. The van der Waals surface area contributed by atoms with Gasteiger partial charge in [0.05, 0.1) is 24.2 Å². The molecule has 2 aromatic carbocycles. The number of carbonyl (C=O) groups is 1. The second-order valence-electron chi connectivity index (χ2n) is 5.43. The van der Waals surface area contributed by atoms with Crippen LogP contribution in [0.15, 0.2) is 53.9 Å². The van der Waals surface area contributed by atoms with Crippen molar-refractivity contribution in [1.29, 1.82) is 0 Å². The van der Waals surface area contributed by atoms with Crippen LogP contribution in [0, 0.1) is 0 Å². The van der Waals surface area contributed by atoms with Crippen LogP contribution < -0.4 is 10.1 Å². The van der Waals surface area contributed by atoms with Crippen molar-refractivity contribution in [3.8, 4) is 16.3 Å². The predicted molar refractivity (Wildman–Crippen MR) is 101 cm³/mol. The van der Waals surface area contributed by atoms with E-state index in [-0.39, 0.29) is 12.3 Å². The number of hydrogen-bond donors (Lipinski definition) is 1. The van der Waals surface area contributed by atoms with Gasteiger partial charge >= 0.3 is 0 Å². The monoisotopic (exact) mass is 372 g/mol. The van der Waals surface area contributed by atoms with Crippen LogP contribution >= 0.6 is 22.9 Å². The third-order valence-corrected chi connectivity index (χ3v) is 4.88. The number of methoxy groups -OCH3 is 1.